The number of benzene rings is 3. The number of carbonyl (C=O) groups is 3. The van der Waals surface area contributed by atoms with E-state index in [0.29, 0.717) is 22.4 Å². The molecule has 0 unspecified atom stereocenters. The maximum absolute atomic E-state index is 12.5. The summed E-state index contributed by atoms with van der Waals surface area (Å²) < 4.78 is 5.34. The van der Waals surface area contributed by atoms with Gasteiger partial charge in [-0.15, -0.1) is 0 Å². The highest BCUT2D eigenvalue weighted by atomic mass is 16.5. The summed E-state index contributed by atoms with van der Waals surface area (Å²) >= 11 is 0. The normalized spacial score (nSPS) is 12.8. The van der Waals surface area contributed by atoms with Crippen molar-refractivity contribution in [2.45, 2.75) is 13.5 Å². The number of hydrogen-bond acceptors (Lipinski definition) is 4. The first kappa shape index (κ1) is 17.7. The van der Waals surface area contributed by atoms with E-state index in [9.17, 15) is 14.4 Å². The average molecular weight is 371 g/mol. The Balaban J connectivity index is 1.48. The van der Waals surface area contributed by atoms with Crippen molar-refractivity contribution in [3.8, 4) is 0 Å². The second kappa shape index (κ2) is 7.12. The minimum Gasteiger partial charge on any atom is -0.457 e. The molecule has 0 spiro atoms. The van der Waals surface area contributed by atoms with Crippen molar-refractivity contribution in [3.05, 3.63) is 101 Å². The van der Waals surface area contributed by atoms with Gasteiger partial charge in [0.25, 0.3) is 11.8 Å². The van der Waals surface area contributed by atoms with E-state index in [1.54, 1.807) is 48.5 Å². The number of imide groups is 1. The zero-order valence-corrected chi connectivity index (χ0v) is 15.2. The van der Waals surface area contributed by atoms with E-state index >= 15 is 0 Å². The smallest absolute Gasteiger partial charge is 0.338 e. The van der Waals surface area contributed by atoms with Crippen molar-refractivity contribution in [2.75, 3.05) is 4.90 Å². The summed E-state index contributed by atoms with van der Waals surface area (Å²) in [4.78, 5) is 38.4. The third-order valence-corrected chi connectivity index (χ3v) is 4.61. The van der Waals surface area contributed by atoms with Gasteiger partial charge in [0, 0.05) is 0 Å². The molecule has 0 N–H and O–H groups in total. The van der Waals surface area contributed by atoms with Crippen LogP contribution >= 0.6 is 0 Å². The molecule has 0 atom stereocenters. The molecular weight excluding hydrogens is 354 g/mol. The van der Waals surface area contributed by atoms with Crippen LogP contribution in [-0.2, 0) is 11.3 Å². The lowest BCUT2D eigenvalue weighted by molar-refractivity contribution is 0.0472. The Morgan fingerprint density at radius 3 is 2.11 bits per heavy atom. The van der Waals surface area contributed by atoms with E-state index in [1.165, 1.54) is 0 Å². The van der Waals surface area contributed by atoms with Crippen LogP contribution in [0.3, 0.4) is 0 Å². The number of amides is 2. The second-order valence-corrected chi connectivity index (χ2v) is 6.60. The third kappa shape index (κ3) is 3.18. The largest absolute Gasteiger partial charge is 0.457 e. The summed E-state index contributed by atoms with van der Waals surface area (Å²) in [5.41, 5.74) is 3.55. The van der Waals surface area contributed by atoms with E-state index in [1.807, 2.05) is 31.2 Å². The first-order valence-corrected chi connectivity index (χ1v) is 8.85. The maximum Gasteiger partial charge on any atom is 0.338 e. The molecule has 5 heteroatoms. The van der Waals surface area contributed by atoms with Crippen LogP contribution in [0.2, 0.25) is 0 Å². The summed E-state index contributed by atoms with van der Waals surface area (Å²) in [5, 5.41) is 0. The summed E-state index contributed by atoms with van der Waals surface area (Å²) in [5.74, 6) is -1.19. The Morgan fingerprint density at radius 2 is 1.50 bits per heavy atom. The molecule has 4 rings (SSSR count). The van der Waals surface area contributed by atoms with E-state index in [0.717, 1.165) is 16.0 Å². The predicted molar refractivity (Wildman–Crippen MR) is 104 cm³/mol. The standard InChI is InChI=1S/C23H17NO4/c1-15-5-4-6-16(13-15)14-28-23(27)17-9-11-18(12-10-17)24-21(25)19-7-2-3-8-20(19)22(24)26/h2-13H,14H2,1H3. The van der Waals surface area contributed by atoms with Crippen LogP contribution < -0.4 is 4.90 Å². The number of carbonyl (C=O) groups excluding carboxylic acids is 3. The third-order valence-electron chi connectivity index (χ3n) is 4.61. The van der Waals surface area contributed by atoms with Crippen molar-refractivity contribution in [1.82, 2.24) is 0 Å². The molecule has 5 nitrogen and oxygen atoms in total. The highest BCUT2D eigenvalue weighted by molar-refractivity contribution is 6.34. The van der Waals surface area contributed by atoms with E-state index in [2.05, 4.69) is 0 Å². The lowest BCUT2D eigenvalue weighted by Gasteiger charge is -2.14. The number of esters is 1. The van der Waals surface area contributed by atoms with Gasteiger partial charge in [-0.25, -0.2) is 9.69 Å². The van der Waals surface area contributed by atoms with Crippen LogP contribution in [0.15, 0.2) is 72.8 Å². The number of hydrogen-bond donors (Lipinski definition) is 0. The fourth-order valence-electron chi connectivity index (χ4n) is 3.20. The van der Waals surface area contributed by atoms with Crippen molar-refractivity contribution in [3.63, 3.8) is 0 Å². The van der Waals surface area contributed by atoms with E-state index in [4.69, 9.17) is 4.74 Å². The maximum atomic E-state index is 12.5. The summed E-state index contributed by atoms with van der Waals surface area (Å²) in [6.07, 6.45) is 0. The lowest BCUT2D eigenvalue weighted by Crippen LogP contribution is -2.29. The molecule has 2 amide bonds. The molecule has 0 radical (unpaired) electrons. The van der Waals surface area contributed by atoms with Crippen molar-refractivity contribution in [1.29, 1.82) is 0 Å². The number of aryl methyl sites for hydroxylation is 1. The Labute approximate surface area is 162 Å². The molecule has 0 saturated carbocycles. The fraction of sp³-hybridized carbons (Fsp3) is 0.0870. The molecular formula is C23H17NO4. The fourth-order valence-corrected chi connectivity index (χ4v) is 3.20. The first-order valence-electron chi connectivity index (χ1n) is 8.85. The molecule has 0 fully saturated rings. The molecule has 3 aromatic rings. The Kier molecular flexibility index (Phi) is 4.49. The SMILES string of the molecule is Cc1cccc(COC(=O)c2ccc(N3C(=O)c4ccccc4C3=O)cc2)c1. The Hall–Kier alpha value is -3.73. The van der Waals surface area contributed by atoms with E-state index in [-0.39, 0.29) is 18.4 Å². The minimum absolute atomic E-state index is 0.181. The topological polar surface area (TPSA) is 63.7 Å². The van der Waals surface area contributed by atoms with Crippen LogP contribution in [0.5, 0.6) is 0 Å². The molecule has 3 aromatic carbocycles. The molecule has 0 aliphatic carbocycles. The predicted octanol–water partition coefficient (Wildman–Crippen LogP) is 4.15. The van der Waals surface area contributed by atoms with E-state index < -0.39 is 5.97 Å². The number of fused-ring (bicyclic) bond motifs is 1. The lowest BCUT2D eigenvalue weighted by atomic mass is 10.1. The van der Waals surface area contributed by atoms with Gasteiger partial charge >= 0.3 is 5.97 Å². The van der Waals surface area contributed by atoms with Crippen LogP contribution in [0.25, 0.3) is 0 Å². The Bertz CT molecular complexity index is 1050. The van der Waals surface area contributed by atoms with Crippen molar-refractivity contribution >= 4 is 23.5 Å². The number of rotatable bonds is 4. The molecule has 1 aliphatic rings. The molecule has 0 saturated heterocycles. The van der Waals surface area contributed by atoms with Gasteiger partial charge in [0.05, 0.1) is 22.4 Å². The Morgan fingerprint density at radius 1 is 0.857 bits per heavy atom. The van der Waals surface area contributed by atoms with Gasteiger partial charge in [0.15, 0.2) is 0 Å². The number of ether oxygens (including phenoxy) is 1. The molecule has 0 bridgehead atoms. The monoisotopic (exact) mass is 371 g/mol. The van der Waals surface area contributed by atoms with Gasteiger partial charge in [0.2, 0.25) is 0 Å². The number of anilines is 1. The van der Waals surface area contributed by atoms with Gasteiger partial charge in [-0.2, -0.15) is 0 Å². The average Bonchev–Trinajstić information content (AvgIpc) is 2.97. The summed E-state index contributed by atoms with van der Waals surface area (Å²) in [7, 11) is 0. The zero-order chi connectivity index (χ0) is 19.7. The number of nitrogens with zero attached hydrogens (tertiary/aromatic N) is 1. The molecule has 138 valence electrons. The van der Waals surface area contributed by atoms with Gasteiger partial charge < -0.3 is 4.74 Å². The quantitative estimate of drug-likeness (QED) is 0.510. The van der Waals surface area contributed by atoms with Crippen LogP contribution in [-0.4, -0.2) is 17.8 Å². The minimum atomic E-state index is -0.463. The highest BCUT2D eigenvalue weighted by Gasteiger charge is 2.36. The van der Waals surface area contributed by atoms with Crippen LogP contribution in [0.4, 0.5) is 5.69 Å². The molecule has 28 heavy (non-hydrogen) atoms. The van der Waals surface area contributed by atoms with Crippen molar-refractivity contribution in [2.24, 2.45) is 0 Å². The molecule has 0 aromatic heterocycles. The zero-order valence-electron chi connectivity index (χ0n) is 15.2. The summed E-state index contributed by atoms with van der Waals surface area (Å²) in [6.45, 7) is 2.16. The van der Waals surface area contributed by atoms with Gasteiger partial charge in [-0.05, 0) is 48.9 Å². The summed E-state index contributed by atoms with van der Waals surface area (Å²) in [6, 6.07) is 20.7. The second-order valence-electron chi connectivity index (χ2n) is 6.60. The van der Waals surface area contributed by atoms with Gasteiger partial charge in [0.1, 0.15) is 6.61 Å². The van der Waals surface area contributed by atoms with Crippen LogP contribution in [0.1, 0.15) is 42.2 Å². The van der Waals surface area contributed by atoms with Gasteiger partial charge in [-0.1, -0.05) is 42.0 Å². The van der Waals surface area contributed by atoms with Crippen LogP contribution in [0, 0.1) is 6.92 Å². The van der Waals surface area contributed by atoms with Gasteiger partial charge in [-0.3, -0.25) is 9.59 Å². The molecule has 1 heterocycles. The molecule has 1 aliphatic heterocycles. The first-order chi connectivity index (χ1) is 13.5. The van der Waals surface area contributed by atoms with Crippen molar-refractivity contribution < 1.29 is 19.1 Å². The highest BCUT2D eigenvalue weighted by Crippen LogP contribution is 2.28.